The summed E-state index contributed by atoms with van der Waals surface area (Å²) in [6.45, 7) is 1.83. The molecule has 0 unspecified atom stereocenters. The molecule has 2 aromatic carbocycles. The minimum absolute atomic E-state index is 0.00620. The number of urea groups is 1. The molecule has 0 saturated carbocycles. The average molecular weight is 581 g/mol. The SMILES string of the molecule is CCOc1cc(/C=C2/NC(=O)N(CC(=O)OC)C2=O)cc(I)c1OCc1ccc([N+](=O)[O-])cc1. The fourth-order valence-electron chi connectivity index (χ4n) is 3.02. The fourth-order valence-corrected chi connectivity index (χ4v) is 3.80. The molecule has 0 atom stereocenters. The first-order chi connectivity index (χ1) is 16.2. The highest BCUT2D eigenvalue weighted by atomic mass is 127. The van der Waals surface area contributed by atoms with E-state index < -0.39 is 29.4 Å². The summed E-state index contributed by atoms with van der Waals surface area (Å²) in [5.74, 6) is -0.474. The molecular formula is C22H20IN3O8. The zero-order chi connectivity index (χ0) is 24.8. The van der Waals surface area contributed by atoms with Gasteiger partial charge in [0.1, 0.15) is 18.8 Å². The molecule has 0 bridgehead atoms. The van der Waals surface area contributed by atoms with Crippen molar-refractivity contribution in [3.8, 4) is 11.5 Å². The molecule has 11 nitrogen and oxygen atoms in total. The summed E-state index contributed by atoms with van der Waals surface area (Å²) in [5, 5.41) is 13.3. The highest BCUT2D eigenvalue weighted by Crippen LogP contribution is 2.35. The van der Waals surface area contributed by atoms with Crippen LogP contribution in [-0.4, -0.2) is 48.0 Å². The zero-order valence-electron chi connectivity index (χ0n) is 18.2. The third-order valence-corrected chi connectivity index (χ3v) is 5.45. The number of methoxy groups -OCH3 is 1. The molecule has 1 N–H and O–H groups in total. The van der Waals surface area contributed by atoms with Gasteiger partial charge in [-0.1, -0.05) is 0 Å². The standard InChI is InChI=1S/C22H20IN3O8/c1-3-33-18-10-14(9-17-21(28)25(22(29)24-17)11-19(27)32-2)8-16(23)20(18)34-12-13-4-6-15(7-5-13)26(30)31/h4-10H,3,11-12H2,1-2H3,(H,24,29)/b17-9+. The summed E-state index contributed by atoms with van der Waals surface area (Å²) in [5.41, 5.74) is 1.30. The van der Waals surface area contributed by atoms with Gasteiger partial charge in [0, 0.05) is 12.1 Å². The van der Waals surface area contributed by atoms with Gasteiger partial charge in [-0.05, 0) is 71.0 Å². The largest absolute Gasteiger partial charge is 0.490 e. The van der Waals surface area contributed by atoms with E-state index in [-0.39, 0.29) is 18.0 Å². The molecule has 0 aromatic heterocycles. The number of nitrogens with one attached hydrogen (secondary N) is 1. The molecule has 1 aliphatic rings. The Morgan fingerprint density at radius 2 is 1.91 bits per heavy atom. The van der Waals surface area contributed by atoms with Crippen molar-refractivity contribution >= 4 is 52.3 Å². The highest BCUT2D eigenvalue weighted by molar-refractivity contribution is 14.1. The van der Waals surface area contributed by atoms with Crippen molar-refractivity contribution in [1.82, 2.24) is 10.2 Å². The first-order valence-electron chi connectivity index (χ1n) is 9.97. The van der Waals surface area contributed by atoms with E-state index in [4.69, 9.17) is 9.47 Å². The second-order valence-corrected chi connectivity index (χ2v) is 8.09. The Balaban J connectivity index is 1.82. The molecule has 1 heterocycles. The van der Waals surface area contributed by atoms with Crippen LogP contribution in [0.2, 0.25) is 0 Å². The molecule has 3 amide bonds. The summed E-state index contributed by atoms with van der Waals surface area (Å²) in [7, 11) is 1.17. The molecule has 3 rings (SSSR count). The third kappa shape index (κ3) is 5.81. The van der Waals surface area contributed by atoms with Crippen LogP contribution in [-0.2, 0) is 20.9 Å². The monoisotopic (exact) mass is 581 g/mol. The molecule has 1 fully saturated rings. The summed E-state index contributed by atoms with van der Waals surface area (Å²) in [4.78, 5) is 47.1. The molecule has 34 heavy (non-hydrogen) atoms. The Kier molecular flexibility index (Phi) is 8.04. The number of benzene rings is 2. The number of halogens is 1. The number of non-ortho nitro benzene ring substituents is 1. The van der Waals surface area contributed by atoms with Crippen molar-refractivity contribution < 1.29 is 33.5 Å². The topological polar surface area (TPSA) is 137 Å². The number of ether oxygens (including phenoxy) is 3. The van der Waals surface area contributed by atoms with Gasteiger partial charge in [-0.25, -0.2) is 9.69 Å². The lowest BCUT2D eigenvalue weighted by molar-refractivity contribution is -0.384. The molecule has 12 heteroatoms. The minimum atomic E-state index is -0.718. The maximum Gasteiger partial charge on any atom is 0.329 e. The number of nitro benzene ring substituents is 1. The van der Waals surface area contributed by atoms with Gasteiger partial charge < -0.3 is 19.5 Å². The third-order valence-electron chi connectivity index (χ3n) is 4.65. The second-order valence-electron chi connectivity index (χ2n) is 6.93. The van der Waals surface area contributed by atoms with Crippen molar-refractivity contribution in [1.29, 1.82) is 0 Å². The number of nitro groups is 1. The molecular weight excluding hydrogens is 561 g/mol. The Hall–Kier alpha value is -3.68. The number of hydrogen-bond acceptors (Lipinski definition) is 8. The van der Waals surface area contributed by atoms with Gasteiger partial charge in [0.05, 0.1) is 22.2 Å². The molecule has 178 valence electrons. The lowest BCUT2D eigenvalue weighted by Crippen LogP contribution is -2.36. The van der Waals surface area contributed by atoms with Gasteiger partial charge in [0.25, 0.3) is 11.6 Å². The number of carbonyl (C=O) groups excluding carboxylic acids is 3. The van der Waals surface area contributed by atoms with Crippen molar-refractivity contribution in [2.24, 2.45) is 0 Å². The van der Waals surface area contributed by atoms with Crippen LogP contribution in [0.15, 0.2) is 42.1 Å². The van der Waals surface area contributed by atoms with Crippen molar-refractivity contribution in [3.05, 3.63) is 66.9 Å². The minimum Gasteiger partial charge on any atom is -0.490 e. The van der Waals surface area contributed by atoms with E-state index in [0.717, 1.165) is 10.5 Å². The summed E-state index contributed by atoms with van der Waals surface area (Å²) in [6.07, 6.45) is 1.47. The van der Waals surface area contributed by atoms with Crippen LogP contribution in [0.25, 0.3) is 6.08 Å². The number of carbonyl (C=O) groups is 3. The van der Waals surface area contributed by atoms with Crippen molar-refractivity contribution in [3.63, 3.8) is 0 Å². The van der Waals surface area contributed by atoms with Crippen LogP contribution in [0.3, 0.4) is 0 Å². The highest BCUT2D eigenvalue weighted by Gasteiger charge is 2.35. The second kappa shape index (κ2) is 11.0. The number of amides is 3. The summed E-state index contributed by atoms with van der Waals surface area (Å²) in [6, 6.07) is 8.70. The van der Waals surface area contributed by atoms with Crippen LogP contribution >= 0.6 is 22.6 Å². The van der Waals surface area contributed by atoms with Crippen molar-refractivity contribution in [2.45, 2.75) is 13.5 Å². The lowest BCUT2D eigenvalue weighted by atomic mass is 10.1. The van der Waals surface area contributed by atoms with Gasteiger partial charge in [-0.15, -0.1) is 0 Å². The van der Waals surface area contributed by atoms with Gasteiger partial charge >= 0.3 is 12.0 Å². The molecule has 1 aliphatic heterocycles. The normalized spacial score (nSPS) is 14.2. The van der Waals surface area contributed by atoms with E-state index in [0.29, 0.717) is 27.2 Å². The lowest BCUT2D eigenvalue weighted by Gasteiger charge is -2.15. The van der Waals surface area contributed by atoms with Gasteiger partial charge in [-0.3, -0.25) is 19.7 Å². The molecule has 1 saturated heterocycles. The predicted molar refractivity (Wildman–Crippen MR) is 128 cm³/mol. The van der Waals surface area contributed by atoms with Crippen LogP contribution in [0.5, 0.6) is 11.5 Å². The smallest absolute Gasteiger partial charge is 0.329 e. The quantitative estimate of drug-likeness (QED) is 0.119. The van der Waals surface area contributed by atoms with Crippen LogP contribution in [0.4, 0.5) is 10.5 Å². The maximum atomic E-state index is 12.5. The number of hydrogen-bond donors (Lipinski definition) is 1. The molecule has 2 aromatic rings. The summed E-state index contributed by atoms with van der Waals surface area (Å²) < 4.78 is 16.8. The average Bonchev–Trinajstić information content (AvgIpc) is 3.06. The number of nitrogens with zero attached hydrogens (tertiary/aromatic N) is 2. The van der Waals surface area contributed by atoms with Crippen molar-refractivity contribution in [2.75, 3.05) is 20.3 Å². The van der Waals surface area contributed by atoms with Gasteiger partial charge in [0.15, 0.2) is 11.5 Å². The van der Waals surface area contributed by atoms with E-state index in [1.54, 1.807) is 24.3 Å². The van der Waals surface area contributed by atoms with E-state index in [9.17, 15) is 24.5 Å². The number of imide groups is 1. The fraction of sp³-hybridized carbons (Fsp3) is 0.227. The molecule has 0 spiro atoms. The first-order valence-corrected chi connectivity index (χ1v) is 11.0. The van der Waals surface area contributed by atoms with Crippen LogP contribution < -0.4 is 14.8 Å². The number of rotatable bonds is 9. The first kappa shape index (κ1) is 25.0. The zero-order valence-corrected chi connectivity index (χ0v) is 20.4. The van der Waals surface area contributed by atoms with Crippen LogP contribution in [0, 0.1) is 13.7 Å². The number of esters is 1. The predicted octanol–water partition coefficient (Wildman–Crippen LogP) is 3.24. The van der Waals surface area contributed by atoms with Crippen LogP contribution in [0.1, 0.15) is 18.1 Å². The Morgan fingerprint density at radius 1 is 1.21 bits per heavy atom. The van der Waals surface area contributed by atoms with E-state index >= 15 is 0 Å². The maximum absolute atomic E-state index is 12.5. The molecule has 0 radical (unpaired) electrons. The molecule has 0 aliphatic carbocycles. The van der Waals surface area contributed by atoms with E-state index in [1.165, 1.54) is 25.3 Å². The Bertz CT molecular complexity index is 1160. The van der Waals surface area contributed by atoms with E-state index in [2.05, 4.69) is 32.6 Å². The summed E-state index contributed by atoms with van der Waals surface area (Å²) >= 11 is 2.06. The van der Waals surface area contributed by atoms with Gasteiger partial charge in [-0.2, -0.15) is 0 Å². The van der Waals surface area contributed by atoms with Gasteiger partial charge in [0.2, 0.25) is 0 Å². The van der Waals surface area contributed by atoms with E-state index in [1.807, 2.05) is 6.92 Å². The Morgan fingerprint density at radius 3 is 2.53 bits per heavy atom. The Labute approximate surface area is 207 Å².